The molecule has 2 atom stereocenters. The molecule has 0 bridgehead atoms. The Labute approximate surface area is 123 Å². The molecule has 2 unspecified atom stereocenters. The summed E-state index contributed by atoms with van der Waals surface area (Å²) in [5, 5.41) is 0. The van der Waals surface area contributed by atoms with Gasteiger partial charge < -0.3 is 15.4 Å². The van der Waals surface area contributed by atoms with Crippen LogP contribution in [0, 0.1) is 11.8 Å². The van der Waals surface area contributed by atoms with Crippen LogP contribution < -0.4 is 5.73 Å². The van der Waals surface area contributed by atoms with Crippen molar-refractivity contribution in [2.45, 2.75) is 57.4 Å². The van der Waals surface area contributed by atoms with Crippen molar-refractivity contribution in [2.75, 3.05) is 26.8 Å². The summed E-state index contributed by atoms with van der Waals surface area (Å²) >= 11 is 0. The number of amides is 1. The number of hydrogen-bond acceptors (Lipinski definition) is 3. The van der Waals surface area contributed by atoms with Crippen LogP contribution in [0.4, 0.5) is 0 Å². The van der Waals surface area contributed by atoms with Crippen molar-refractivity contribution >= 4 is 5.91 Å². The van der Waals surface area contributed by atoms with Gasteiger partial charge in [-0.15, -0.1) is 0 Å². The van der Waals surface area contributed by atoms with E-state index >= 15 is 0 Å². The monoisotopic (exact) mass is 282 g/mol. The highest BCUT2D eigenvalue weighted by molar-refractivity contribution is 5.80. The number of nitrogens with two attached hydrogens (primary N) is 1. The van der Waals surface area contributed by atoms with Crippen LogP contribution in [0.2, 0.25) is 0 Å². The lowest BCUT2D eigenvalue weighted by atomic mass is 9.74. The zero-order valence-electron chi connectivity index (χ0n) is 13.1. The maximum Gasteiger partial charge on any atom is 0.227 e. The van der Waals surface area contributed by atoms with Crippen LogP contribution in [-0.4, -0.2) is 43.2 Å². The van der Waals surface area contributed by atoms with Gasteiger partial charge in [0, 0.05) is 32.3 Å². The summed E-state index contributed by atoms with van der Waals surface area (Å²) in [6.07, 6.45) is 7.59. The summed E-state index contributed by atoms with van der Waals surface area (Å²) in [6, 6.07) is 0. The zero-order valence-corrected chi connectivity index (χ0v) is 13.1. The Kier molecular flexibility index (Phi) is 5.44. The quantitative estimate of drug-likeness (QED) is 0.860. The van der Waals surface area contributed by atoms with Crippen molar-refractivity contribution in [1.29, 1.82) is 0 Å². The molecule has 1 saturated carbocycles. The summed E-state index contributed by atoms with van der Waals surface area (Å²) in [7, 11) is 1.94. The molecule has 2 aliphatic rings. The molecule has 0 radical (unpaired) electrons. The van der Waals surface area contributed by atoms with Gasteiger partial charge in [0.15, 0.2) is 0 Å². The molecule has 1 heterocycles. The predicted molar refractivity (Wildman–Crippen MR) is 80.3 cm³/mol. The van der Waals surface area contributed by atoms with Gasteiger partial charge in [-0.05, 0) is 44.9 Å². The zero-order chi connectivity index (χ0) is 14.6. The summed E-state index contributed by atoms with van der Waals surface area (Å²) in [6.45, 7) is 4.66. The fraction of sp³-hybridized carbons (Fsp3) is 0.938. The molecule has 0 aromatic heterocycles. The molecule has 2 N–H and O–H groups in total. The van der Waals surface area contributed by atoms with Crippen LogP contribution in [0.1, 0.15) is 51.9 Å². The second-order valence-electron chi connectivity index (χ2n) is 6.91. The van der Waals surface area contributed by atoms with Crippen LogP contribution in [0.25, 0.3) is 0 Å². The van der Waals surface area contributed by atoms with E-state index in [0.29, 0.717) is 0 Å². The standard InChI is InChI=1S/C16H30N2O2/c1-16(17)9-4-3-5-14(16)15(19)18(2)10-6-13-7-11-20-12-8-13/h13-14H,3-12,17H2,1-2H3. The van der Waals surface area contributed by atoms with Crippen molar-refractivity contribution in [3.8, 4) is 0 Å². The maximum absolute atomic E-state index is 12.6. The molecule has 0 spiro atoms. The minimum atomic E-state index is -0.317. The molecule has 2 rings (SSSR count). The van der Waals surface area contributed by atoms with E-state index in [2.05, 4.69) is 0 Å². The summed E-state index contributed by atoms with van der Waals surface area (Å²) < 4.78 is 5.38. The summed E-state index contributed by atoms with van der Waals surface area (Å²) in [5.41, 5.74) is 6.02. The molecule has 20 heavy (non-hydrogen) atoms. The number of nitrogens with zero attached hydrogens (tertiary/aromatic N) is 1. The molecular formula is C16H30N2O2. The van der Waals surface area contributed by atoms with Gasteiger partial charge >= 0.3 is 0 Å². The van der Waals surface area contributed by atoms with Crippen molar-refractivity contribution in [2.24, 2.45) is 17.6 Å². The Morgan fingerprint density at radius 1 is 1.30 bits per heavy atom. The first-order valence-electron chi connectivity index (χ1n) is 8.12. The van der Waals surface area contributed by atoms with E-state index in [1.54, 1.807) is 0 Å². The highest BCUT2D eigenvalue weighted by Crippen LogP contribution is 2.33. The van der Waals surface area contributed by atoms with E-state index in [1.165, 1.54) is 0 Å². The molecule has 1 amide bonds. The third-order valence-electron chi connectivity index (χ3n) is 5.14. The van der Waals surface area contributed by atoms with Gasteiger partial charge in [-0.1, -0.05) is 12.8 Å². The van der Waals surface area contributed by atoms with E-state index in [0.717, 1.165) is 70.6 Å². The first kappa shape index (κ1) is 15.8. The lowest BCUT2D eigenvalue weighted by Crippen LogP contribution is -2.53. The molecule has 4 nitrogen and oxygen atoms in total. The minimum Gasteiger partial charge on any atom is -0.381 e. The number of carbonyl (C=O) groups is 1. The molecule has 4 heteroatoms. The Morgan fingerprint density at radius 2 is 2.00 bits per heavy atom. The lowest BCUT2D eigenvalue weighted by molar-refractivity contribution is -0.137. The van der Waals surface area contributed by atoms with Crippen molar-refractivity contribution in [3.63, 3.8) is 0 Å². The van der Waals surface area contributed by atoms with Gasteiger partial charge in [-0.25, -0.2) is 0 Å². The number of rotatable bonds is 4. The van der Waals surface area contributed by atoms with Gasteiger partial charge in [0.25, 0.3) is 0 Å². The molecule has 1 aliphatic carbocycles. The van der Waals surface area contributed by atoms with E-state index in [9.17, 15) is 4.79 Å². The predicted octanol–water partition coefficient (Wildman–Crippen LogP) is 2.17. The SMILES string of the molecule is CN(CCC1CCOCC1)C(=O)C1CCCCC1(C)N. The number of carbonyl (C=O) groups excluding carboxylic acids is 1. The third kappa shape index (κ3) is 3.95. The Morgan fingerprint density at radius 3 is 2.65 bits per heavy atom. The molecule has 1 saturated heterocycles. The Balaban J connectivity index is 1.81. The largest absolute Gasteiger partial charge is 0.381 e. The van der Waals surface area contributed by atoms with Crippen LogP contribution in [0.15, 0.2) is 0 Å². The Bertz CT molecular complexity index is 324. The first-order chi connectivity index (χ1) is 9.50. The molecular weight excluding hydrogens is 252 g/mol. The van der Waals surface area contributed by atoms with Gasteiger partial charge in [0.1, 0.15) is 0 Å². The van der Waals surface area contributed by atoms with Crippen LogP contribution >= 0.6 is 0 Å². The van der Waals surface area contributed by atoms with Crippen LogP contribution in [-0.2, 0) is 9.53 Å². The fourth-order valence-corrected chi connectivity index (χ4v) is 3.55. The molecule has 1 aliphatic heterocycles. The van der Waals surface area contributed by atoms with E-state index < -0.39 is 0 Å². The second-order valence-corrected chi connectivity index (χ2v) is 6.91. The van der Waals surface area contributed by atoms with Gasteiger partial charge in [-0.3, -0.25) is 4.79 Å². The molecule has 0 aromatic rings. The van der Waals surface area contributed by atoms with Crippen molar-refractivity contribution in [1.82, 2.24) is 4.90 Å². The minimum absolute atomic E-state index is 0.0101. The van der Waals surface area contributed by atoms with Gasteiger partial charge in [0.05, 0.1) is 5.92 Å². The average molecular weight is 282 g/mol. The molecule has 116 valence electrons. The average Bonchev–Trinajstić information content (AvgIpc) is 2.44. The highest BCUT2D eigenvalue weighted by atomic mass is 16.5. The van der Waals surface area contributed by atoms with Crippen molar-refractivity contribution in [3.05, 3.63) is 0 Å². The molecule has 2 fully saturated rings. The summed E-state index contributed by atoms with van der Waals surface area (Å²) in [5.74, 6) is 0.979. The summed E-state index contributed by atoms with van der Waals surface area (Å²) in [4.78, 5) is 14.5. The number of ether oxygens (including phenoxy) is 1. The normalized spacial score (nSPS) is 32.0. The third-order valence-corrected chi connectivity index (χ3v) is 5.14. The first-order valence-corrected chi connectivity index (χ1v) is 8.12. The maximum atomic E-state index is 12.6. The van der Waals surface area contributed by atoms with E-state index in [1.807, 2.05) is 18.9 Å². The van der Waals surface area contributed by atoms with Crippen molar-refractivity contribution < 1.29 is 9.53 Å². The van der Waals surface area contributed by atoms with Crippen LogP contribution in [0.5, 0.6) is 0 Å². The highest BCUT2D eigenvalue weighted by Gasteiger charge is 2.39. The van der Waals surface area contributed by atoms with Crippen LogP contribution in [0.3, 0.4) is 0 Å². The smallest absolute Gasteiger partial charge is 0.227 e. The fourth-order valence-electron chi connectivity index (χ4n) is 3.55. The number of hydrogen-bond donors (Lipinski definition) is 1. The lowest BCUT2D eigenvalue weighted by Gasteiger charge is -2.39. The van der Waals surface area contributed by atoms with Gasteiger partial charge in [0.2, 0.25) is 5.91 Å². The molecule has 0 aromatic carbocycles. The Hall–Kier alpha value is -0.610. The van der Waals surface area contributed by atoms with E-state index in [4.69, 9.17) is 10.5 Å². The van der Waals surface area contributed by atoms with E-state index in [-0.39, 0.29) is 17.4 Å². The second kappa shape index (κ2) is 6.90. The topological polar surface area (TPSA) is 55.6 Å². The van der Waals surface area contributed by atoms with Gasteiger partial charge in [-0.2, -0.15) is 0 Å².